The van der Waals surface area contributed by atoms with Crippen molar-refractivity contribution >= 4 is 13.8 Å². The van der Waals surface area contributed by atoms with Gasteiger partial charge in [-0.1, -0.05) is 6.07 Å². The molecule has 0 atom stereocenters. The molecule has 0 amide bonds. The highest BCUT2D eigenvalue weighted by molar-refractivity contribution is 7.45. The van der Waals surface area contributed by atoms with Crippen molar-refractivity contribution in [2.75, 3.05) is 0 Å². The molecule has 7 nitrogen and oxygen atoms in total. The molecule has 0 saturated carbocycles. The Bertz CT molecular complexity index is 325. The minimum Gasteiger partial charge on any atom is -0.477 e. The standard InChI is InChI=1S/C6H5NO2.H3O4P/c8-6(9)5-3-1-2-4-7-5;1-5(2,3)4/h1-4H,(H,8,9);(H3,1,2,3,4). The van der Waals surface area contributed by atoms with Crippen molar-refractivity contribution in [2.45, 2.75) is 0 Å². The van der Waals surface area contributed by atoms with E-state index >= 15 is 0 Å². The van der Waals surface area contributed by atoms with Crippen LogP contribution in [0.3, 0.4) is 0 Å². The van der Waals surface area contributed by atoms with Crippen LogP contribution in [0.15, 0.2) is 24.4 Å². The van der Waals surface area contributed by atoms with Gasteiger partial charge in [-0.15, -0.1) is 0 Å². The van der Waals surface area contributed by atoms with Crippen LogP contribution in [0.25, 0.3) is 0 Å². The first kappa shape index (κ1) is 12.7. The Morgan fingerprint density at radius 1 is 1.29 bits per heavy atom. The highest BCUT2D eigenvalue weighted by Crippen LogP contribution is 2.25. The lowest BCUT2D eigenvalue weighted by atomic mass is 10.4. The molecule has 0 saturated heterocycles. The zero-order chi connectivity index (χ0) is 11.2. The van der Waals surface area contributed by atoms with Gasteiger partial charge in [0, 0.05) is 6.20 Å². The highest BCUT2D eigenvalue weighted by Gasteiger charge is 2.00. The summed E-state index contributed by atoms with van der Waals surface area (Å²) < 4.78 is 8.88. The second-order valence-electron chi connectivity index (χ2n) is 2.03. The fourth-order valence-corrected chi connectivity index (χ4v) is 0.489. The number of hydrogen-bond acceptors (Lipinski definition) is 3. The predicted octanol–water partition coefficient (Wildman–Crippen LogP) is -0.149. The van der Waals surface area contributed by atoms with Gasteiger partial charge in [0.25, 0.3) is 0 Å². The first-order valence-electron chi connectivity index (χ1n) is 3.23. The van der Waals surface area contributed by atoms with E-state index in [-0.39, 0.29) is 5.69 Å². The van der Waals surface area contributed by atoms with Gasteiger partial charge in [-0.3, -0.25) is 0 Å². The zero-order valence-corrected chi connectivity index (χ0v) is 7.70. The van der Waals surface area contributed by atoms with E-state index in [1.165, 1.54) is 12.3 Å². The van der Waals surface area contributed by atoms with Crippen LogP contribution in [0.1, 0.15) is 10.5 Å². The first-order chi connectivity index (χ1) is 6.30. The Morgan fingerprint density at radius 2 is 1.79 bits per heavy atom. The molecule has 0 aliphatic rings. The third-order valence-electron chi connectivity index (χ3n) is 0.884. The number of carboxylic acid groups (broad SMARTS) is 1. The molecule has 78 valence electrons. The van der Waals surface area contributed by atoms with Crippen LogP contribution in [-0.4, -0.2) is 30.7 Å². The van der Waals surface area contributed by atoms with Gasteiger partial charge in [-0.25, -0.2) is 14.3 Å². The maximum absolute atomic E-state index is 10.1. The molecule has 14 heavy (non-hydrogen) atoms. The van der Waals surface area contributed by atoms with Crippen LogP contribution < -0.4 is 0 Å². The maximum atomic E-state index is 10.1. The Hall–Kier alpha value is -1.27. The second-order valence-corrected chi connectivity index (χ2v) is 3.06. The maximum Gasteiger partial charge on any atom is 0.466 e. The Morgan fingerprint density at radius 3 is 2.00 bits per heavy atom. The molecule has 0 unspecified atom stereocenters. The Kier molecular flexibility index (Phi) is 4.96. The molecule has 0 aromatic carbocycles. The third-order valence-corrected chi connectivity index (χ3v) is 0.884. The monoisotopic (exact) mass is 221 g/mol. The molecule has 1 aromatic heterocycles. The van der Waals surface area contributed by atoms with Crippen molar-refractivity contribution in [3.05, 3.63) is 30.1 Å². The van der Waals surface area contributed by atoms with Crippen LogP contribution in [0.2, 0.25) is 0 Å². The van der Waals surface area contributed by atoms with Crippen LogP contribution in [0, 0.1) is 0 Å². The van der Waals surface area contributed by atoms with Gasteiger partial charge in [0.05, 0.1) is 0 Å². The fraction of sp³-hybridized carbons (Fsp3) is 0. The van der Waals surface area contributed by atoms with Crippen molar-refractivity contribution < 1.29 is 29.1 Å². The average molecular weight is 221 g/mol. The first-order valence-corrected chi connectivity index (χ1v) is 4.80. The summed E-state index contributed by atoms with van der Waals surface area (Å²) in [6.07, 6.45) is 1.45. The van der Waals surface area contributed by atoms with E-state index in [9.17, 15) is 4.79 Å². The van der Waals surface area contributed by atoms with Gasteiger partial charge in [0.15, 0.2) is 0 Å². The molecule has 0 aliphatic heterocycles. The molecule has 0 fully saturated rings. The Balaban J connectivity index is 0.000000292. The van der Waals surface area contributed by atoms with E-state index in [1.807, 2.05) is 0 Å². The van der Waals surface area contributed by atoms with E-state index in [0.717, 1.165) is 0 Å². The summed E-state index contributed by atoms with van der Waals surface area (Å²) in [6.45, 7) is 0. The van der Waals surface area contributed by atoms with Crippen LogP contribution >= 0.6 is 7.82 Å². The summed E-state index contributed by atoms with van der Waals surface area (Å²) in [5.74, 6) is -0.990. The lowest BCUT2D eigenvalue weighted by Crippen LogP contribution is -1.97. The zero-order valence-electron chi connectivity index (χ0n) is 6.81. The van der Waals surface area contributed by atoms with E-state index in [1.54, 1.807) is 12.1 Å². The number of nitrogens with zero attached hydrogens (tertiary/aromatic N) is 1. The van der Waals surface area contributed by atoms with E-state index in [4.69, 9.17) is 24.4 Å². The summed E-state index contributed by atoms with van der Waals surface area (Å²) in [6, 6.07) is 4.76. The van der Waals surface area contributed by atoms with Gasteiger partial charge in [0.1, 0.15) is 5.69 Å². The number of pyridine rings is 1. The lowest BCUT2D eigenvalue weighted by Gasteiger charge is -1.87. The third kappa shape index (κ3) is 8.82. The molecule has 1 rings (SSSR count). The summed E-state index contributed by atoms with van der Waals surface area (Å²) >= 11 is 0. The molecular formula is C6H8NO6P. The molecule has 8 heteroatoms. The molecule has 1 heterocycles. The normalized spacial score (nSPS) is 9.93. The number of hydrogen-bond donors (Lipinski definition) is 4. The molecule has 0 aliphatic carbocycles. The van der Waals surface area contributed by atoms with Gasteiger partial charge in [-0.05, 0) is 12.1 Å². The van der Waals surface area contributed by atoms with Crippen molar-refractivity contribution in [1.29, 1.82) is 0 Å². The number of phosphoric acid groups is 1. The molecule has 0 radical (unpaired) electrons. The summed E-state index contributed by atoms with van der Waals surface area (Å²) in [5.41, 5.74) is 0.0810. The molecule has 0 bridgehead atoms. The predicted molar refractivity (Wildman–Crippen MR) is 45.5 cm³/mol. The van der Waals surface area contributed by atoms with Crippen molar-refractivity contribution in [3.63, 3.8) is 0 Å². The quantitative estimate of drug-likeness (QED) is 0.485. The van der Waals surface area contributed by atoms with Crippen LogP contribution in [0.5, 0.6) is 0 Å². The van der Waals surface area contributed by atoms with Crippen molar-refractivity contribution in [3.8, 4) is 0 Å². The summed E-state index contributed by atoms with van der Waals surface area (Å²) in [7, 11) is -4.64. The summed E-state index contributed by atoms with van der Waals surface area (Å²) in [4.78, 5) is 35.3. The molecule has 4 N–H and O–H groups in total. The number of carboxylic acids is 1. The second kappa shape index (κ2) is 5.46. The molecule has 1 aromatic rings. The van der Waals surface area contributed by atoms with Crippen molar-refractivity contribution in [1.82, 2.24) is 4.98 Å². The van der Waals surface area contributed by atoms with E-state index in [0.29, 0.717) is 0 Å². The largest absolute Gasteiger partial charge is 0.477 e. The molecule has 0 spiro atoms. The number of rotatable bonds is 1. The minimum absolute atomic E-state index is 0.0810. The van der Waals surface area contributed by atoms with Crippen LogP contribution in [-0.2, 0) is 4.57 Å². The van der Waals surface area contributed by atoms with E-state index < -0.39 is 13.8 Å². The number of aromatic nitrogens is 1. The molecular weight excluding hydrogens is 213 g/mol. The summed E-state index contributed by atoms with van der Waals surface area (Å²) in [5, 5.41) is 8.32. The topological polar surface area (TPSA) is 128 Å². The highest BCUT2D eigenvalue weighted by atomic mass is 31.2. The number of aromatic carboxylic acids is 1. The van der Waals surface area contributed by atoms with Crippen LogP contribution in [0.4, 0.5) is 0 Å². The average Bonchev–Trinajstić information content (AvgIpc) is 2.03. The van der Waals surface area contributed by atoms with Gasteiger partial charge < -0.3 is 19.8 Å². The minimum atomic E-state index is -4.64. The smallest absolute Gasteiger partial charge is 0.466 e. The van der Waals surface area contributed by atoms with Crippen molar-refractivity contribution in [2.24, 2.45) is 0 Å². The SMILES string of the molecule is O=C(O)c1ccccn1.O=P(O)(O)O. The fourth-order valence-electron chi connectivity index (χ4n) is 0.489. The van der Waals surface area contributed by atoms with E-state index in [2.05, 4.69) is 4.98 Å². The number of carbonyl (C=O) groups is 1. The van der Waals surface area contributed by atoms with Gasteiger partial charge >= 0.3 is 13.8 Å². The van der Waals surface area contributed by atoms with Gasteiger partial charge in [-0.2, -0.15) is 0 Å². The lowest BCUT2D eigenvalue weighted by molar-refractivity contribution is 0.0690. The Labute approximate surface area is 78.9 Å². The van der Waals surface area contributed by atoms with Gasteiger partial charge in [0.2, 0.25) is 0 Å².